The molecule has 2 aliphatic rings. The van der Waals surface area contributed by atoms with Gasteiger partial charge in [0.2, 0.25) is 0 Å². The molecule has 0 aliphatic carbocycles. The zero-order valence-electron chi connectivity index (χ0n) is 15.4. The fourth-order valence-electron chi connectivity index (χ4n) is 3.85. The molecule has 3 heteroatoms. The summed E-state index contributed by atoms with van der Waals surface area (Å²) in [6.45, 7) is 10.5. The van der Waals surface area contributed by atoms with Gasteiger partial charge in [0.1, 0.15) is 0 Å². The first-order valence-electron chi connectivity index (χ1n) is 9.06. The summed E-state index contributed by atoms with van der Waals surface area (Å²) in [5, 5.41) is 21.1. The van der Waals surface area contributed by atoms with Gasteiger partial charge < -0.3 is 14.9 Å². The SMILES string of the molecule is C/C1=C\[C@H]2O[C@](C)(CC[C@H]2C(C)C)[C@H](O)CC[C@](C)(O)/C=C/C1. The zero-order valence-corrected chi connectivity index (χ0v) is 15.4. The molecule has 5 atom stereocenters. The molecule has 0 amide bonds. The number of aliphatic hydroxyl groups excluding tert-OH is 1. The van der Waals surface area contributed by atoms with Gasteiger partial charge in [-0.1, -0.05) is 37.6 Å². The molecule has 2 N–H and O–H groups in total. The van der Waals surface area contributed by atoms with Crippen LogP contribution in [0.1, 0.15) is 66.7 Å². The highest BCUT2D eigenvalue weighted by Crippen LogP contribution is 2.40. The van der Waals surface area contributed by atoms with Gasteiger partial charge in [-0.2, -0.15) is 0 Å². The van der Waals surface area contributed by atoms with E-state index < -0.39 is 17.3 Å². The zero-order chi connectivity index (χ0) is 17.3. The Morgan fingerprint density at radius 1 is 1.22 bits per heavy atom. The van der Waals surface area contributed by atoms with Crippen LogP contribution in [-0.4, -0.2) is 33.6 Å². The Morgan fingerprint density at radius 2 is 1.91 bits per heavy atom. The first-order chi connectivity index (χ1) is 10.6. The maximum absolute atomic E-state index is 10.7. The van der Waals surface area contributed by atoms with Crippen molar-refractivity contribution in [3.05, 3.63) is 23.8 Å². The second-order valence-electron chi connectivity index (χ2n) is 8.37. The van der Waals surface area contributed by atoms with Crippen molar-refractivity contribution in [3.8, 4) is 0 Å². The number of fused-ring (bicyclic) bond motifs is 2. The molecular formula is C20H34O3. The Kier molecular flexibility index (Phi) is 5.76. The van der Waals surface area contributed by atoms with Gasteiger partial charge >= 0.3 is 0 Å². The summed E-state index contributed by atoms with van der Waals surface area (Å²) < 4.78 is 6.44. The average molecular weight is 322 g/mol. The number of hydrogen-bond donors (Lipinski definition) is 2. The predicted molar refractivity (Wildman–Crippen MR) is 94.2 cm³/mol. The van der Waals surface area contributed by atoms with E-state index >= 15 is 0 Å². The number of hydrogen-bond acceptors (Lipinski definition) is 3. The highest BCUT2D eigenvalue weighted by molar-refractivity contribution is 5.13. The number of ether oxygens (including phenoxy) is 1. The van der Waals surface area contributed by atoms with Gasteiger partial charge in [0, 0.05) is 0 Å². The molecule has 0 radical (unpaired) electrons. The number of rotatable bonds is 1. The highest BCUT2D eigenvalue weighted by atomic mass is 16.5. The molecule has 0 unspecified atom stereocenters. The van der Waals surface area contributed by atoms with E-state index in [4.69, 9.17) is 4.74 Å². The first-order valence-corrected chi connectivity index (χ1v) is 9.06. The molecular weight excluding hydrogens is 288 g/mol. The van der Waals surface area contributed by atoms with E-state index in [0.29, 0.717) is 24.7 Å². The van der Waals surface area contributed by atoms with Crippen molar-refractivity contribution in [3.63, 3.8) is 0 Å². The Hall–Kier alpha value is -0.640. The molecule has 2 rings (SSSR count). The number of allylic oxidation sites excluding steroid dienone is 2. The Bertz CT molecular complexity index is 464. The molecule has 2 heterocycles. The number of aliphatic hydroxyl groups is 2. The third-order valence-electron chi connectivity index (χ3n) is 5.65. The normalized spacial score (nSPS) is 46.4. The topological polar surface area (TPSA) is 49.7 Å². The molecule has 3 nitrogen and oxygen atoms in total. The van der Waals surface area contributed by atoms with Crippen molar-refractivity contribution in [2.24, 2.45) is 11.8 Å². The van der Waals surface area contributed by atoms with E-state index in [-0.39, 0.29) is 6.10 Å². The van der Waals surface area contributed by atoms with Crippen LogP contribution in [-0.2, 0) is 4.74 Å². The third-order valence-corrected chi connectivity index (χ3v) is 5.65. The maximum atomic E-state index is 10.7. The molecule has 0 saturated carbocycles. The van der Waals surface area contributed by atoms with Crippen LogP contribution in [0.25, 0.3) is 0 Å². The minimum atomic E-state index is -0.870. The van der Waals surface area contributed by atoms with E-state index in [1.807, 2.05) is 26.0 Å². The van der Waals surface area contributed by atoms with Crippen molar-refractivity contribution in [2.75, 3.05) is 0 Å². The van der Waals surface area contributed by atoms with Crippen LogP contribution in [0.2, 0.25) is 0 Å². The fraction of sp³-hybridized carbons (Fsp3) is 0.800. The summed E-state index contributed by atoms with van der Waals surface area (Å²) in [5.41, 5.74) is -0.135. The molecule has 2 aliphatic heterocycles. The van der Waals surface area contributed by atoms with Crippen molar-refractivity contribution in [2.45, 2.75) is 90.1 Å². The molecule has 132 valence electrons. The second kappa shape index (κ2) is 7.08. The second-order valence-corrected chi connectivity index (χ2v) is 8.37. The van der Waals surface area contributed by atoms with Gasteiger partial charge in [0.15, 0.2) is 0 Å². The molecule has 0 aromatic heterocycles. The van der Waals surface area contributed by atoms with E-state index in [2.05, 4.69) is 26.8 Å². The lowest BCUT2D eigenvalue weighted by Gasteiger charge is -2.46. The van der Waals surface area contributed by atoms with Crippen LogP contribution in [0, 0.1) is 11.8 Å². The lowest BCUT2D eigenvalue weighted by atomic mass is 9.76. The summed E-state index contributed by atoms with van der Waals surface area (Å²) in [7, 11) is 0. The van der Waals surface area contributed by atoms with Crippen molar-refractivity contribution < 1.29 is 14.9 Å². The Morgan fingerprint density at radius 3 is 2.57 bits per heavy atom. The molecule has 1 fully saturated rings. The Labute approximate surface area is 141 Å². The Balaban J connectivity index is 2.32. The summed E-state index contributed by atoms with van der Waals surface area (Å²) in [6, 6.07) is 0. The van der Waals surface area contributed by atoms with Gasteiger partial charge in [0.25, 0.3) is 0 Å². The molecule has 0 spiro atoms. The van der Waals surface area contributed by atoms with Crippen LogP contribution in [0.4, 0.5) is 0 Å². The first kappa shape index (κ1) is 18.7. The molecule has 23 heavy (non-hydrogen) atoms. The lowest BCUT2D eigenvalue weighted by molar-refractivity contribution is -0.185. The van der Waals surface area contributed by atoms with E-state index in [9.17, 15) is 10.2 Å². The fourth-order valence-corrected chi connectivity index (χ4v) is 3.85. The lowest BCUT2D eigenvalue weighted by Crippen LogP contribution is -2.51. The van der Waals surface area contributed by atoms with E-state index in [0.717, 1.165) is 19.3 Å². The summed E-state index contributed by atoms with van der Waals surface area (Å²) in [6.07, 6.45) is 9.53. The molecule has 1 saturated heterocycles. The van der Waals surface area contributed by atoms with Gasteiger partial charge in [-0.25, -0.2) is 0 Å². The van der Waals surface area contributed by atoms with Gasteiger partial charge in [0.05, 0.1) is 23.4 Å². The molecule has 0 aromatic carbocycles. The van der Waals surface area contributed by atoms with Gasteiger partial charge in [-0.05, 0) is 64.7 Å². The summed E-state index contributed by atoms with van der Waals surface area (Å²) >= 11 is 0. The van der Waals surface area contributed by atoms with Crippen LogP contribution in [0.5, 0.6) is 0 Å². The van der Waals surface area contributed by atoms with Crippen molar-refractivity contribution >= 4 is 0 Å². The van der Waals surface area contributed by atoms with Crippen LogP contribution in [0.15, 0.2) is 23.8 Å². The van der Waals surface area contributed by atoms with Crippen LogP contribution >= 0.6 is 0 Å². The van der Waals surface area contributed by atoms with E-state index in [1.54, 1.807) is 0 Å². The van der Waals surface area contributed by atoms with Crippen LogP contribution < -0.4 is 0 Å². The predicted octanol–water partition coefficient (Wildman–Crippen LogP) is 3.99. The minimum absolute atomic E-state index is 0.0664. The average Bonchev–Trinajstić information content (AvgIpc) is 2.43. The van der Waals surface area contributed by atoms with Crippen LogP contribution in [0.3, 0.4) is 0 Å². The van der Waals surface area contributed by atoms with Gasteiger partial charge in [-0.3, -0.25) is 0 Å². The minimum Gasteiger partial charge on any atom is -0.390 e. The standard InChI is InChI=1S/C20H34O3/c1-14(2)16-8-12-20(5)18(21)9-11-19(4,22)10-6-7-15(3)13-17(16)23-20/h6,10,13-14,16-18,21-22H,7-9,11-12H2,1-5H3/b10-6+,15-13+/t16-,17+,18+,19+,20+/m0/s1. The quantitative estimate of drug-likeness (QED) is 0.718. The largest absolute Gasteiger partial charge is 0.390 e. The van der Waals surface area contributed by atoms with Crippen molar-refractivity contribution in [1.29, 1.82) is 0 Å². The molecule has 0 aromatic rings. The van der Waals surface area contributed by atoms with E-state index in [1.165, 1.54) is 5.57 Å². The monoisotopic (exact) mass is 322 g/mol. The third kappa shape index (κ3) is 4.68. The summed E-state index contributed by atoms with van der Waals surface area (Å²) in [5.74, 6) is 1.06. The maximum Gasteiger partial charge on any atom is 0.0920 e. The van der Waals surface area contributed by atoms with Crippen molar-refractivity contribution in [1.82, 2.24) is 0 Å². The highest BCUT2D eigenvalue weighted by Gasteiger charge is 2.43. The smallest absolute Gasteiger partial charge is 0.0920 e. The van der Waals surface area contributed by atoms with Gasteiger partial charge in [-0.15, -0.1) is 0 Å². The summed E-state index contributed by atoms with van der Waals surface area (Å²) in [4.78, 5) is 0. The molecule has 2 bridgehead atoms.